The molecule has 3 aromatic rings. The Bertz CT molecular complexity index is 1140. The summed E-state index contributed by atoms with van der Waals surface area (Å²) in [6, 6.07) is 5.25. The first-order chi connectivity index (χ1) is 15.5. The SMILES string of the molecule is Cc1cc(-c2nnc(NCC3OCCS3)o2)nc2c(C(C)(C)C)cc(OCC(F)(F)F)cc12. The molecule has 0 radical (unpaired) electrons. The first-order valence-corrected chi connectivity index (χ1v) is 11.5. The van der Waals surface area contributed by atoms with Gasteiger partial charge in [-0.1, -0.05) is 25.9 Å². The van der Waals surface area contributed by atoms with Gasteiger partial charge in [0.15, 0.2) is 6.61 Å². The standard InChI is InChI=1S/C22H25F3N4O3S/c1-12-7-16(19-28-29-20(32-19)26-10-17-30-5-6-33-17)27-18-14(12)8-13(31-11-22(23,24)25)9-15(18)21(2,3)4/h7-9,17H,5-6,10-11H2,1-4H3,(H,26,29). The summed E-state index contributed by atoms with van der Waals surface area (Å²) in [5, 5.41) is 11.9. The van der Waals surface area contributed by atoms with Gasteiger partial charge in [-0.2, -0.15) is 13.2 Å². The van der Waals surface area contributed by atoms with Gasteiger partial charge in [0.2, 0.25) is 0 Å². The Morgan fingerprint density at radius 2 is 1.97 bits per heavy atom. The number of aromatic nitrogens is 3. The Balaban J connectivity index is 1.67. The number of nitrogens with one attached hydrogen (secondary N) is 1. The zero-order valence-electron chi connectivity index (χ0n) is 18.7. The van der Waals surface area contributed by atoms with E-state index in [0.717, 1.165) is 23.5 Å². The van der Waals surface area contributed by atoms with Gasteiger partial charge in [-0.15, -0.1) is 16.9 Å². The summed E-state index contributed by atoms with van der Waals surface area (Å²) in [6.07, 6.45) is -4.42. The normalized spacial score (nSPS) is 17.0. The van der Waals surface area contributed by atoms with Crippen molar-refractivity contribution < 1.29 is 27.1 Å². The molecule has 33 heavy (non-hydrogen) atoms. The Kier molecular flexibility index (Phi) is 6.45. The highest BCUT2D eigenvalue weighted by Gasteiger charge is 2.29. The van der Waals surface area contributed by atoms with E-state index in [1.54, 1.807) is 30.0 Å². The number of thioether (sulfide) groups is 1. The number of halogens is 3. The molecule has 1 aliphatic heterocycles. The molecule has 1 N–H and O–H groups in total. The van der Waals surface area contributed by atoms with Crippen LogP contribution in [0.1, 0.15) is 31.9 Å². The van der Waals surface area contributed by atoms with E-state index in [2.05, 4.69) is 15.5 Å². The van der Waals surface area contributed by atoms with E-state index in [4.69, 9.17) is 18.9 Å². The van der Waals surface area contributed by atoms with Crippen LogP contribution in [0.4, 0.5) is 19.2 Å². The van der Waals surface area contributed by atoms with Crippen LogP contribution in [0.2, 0.25) is 0 Å². The summed E-state index contributed by atoms with van der Waals surface area (Å²) in [6.45, 7) is 7.69. The first kappa shape index (κ1) is 23.6. The predicted molar refractivity (Wildman–Crippen MR) is 121 cm³/mol. The summed E-state index contributed by atoms with van der Waals surface area (Å²) in [5.41, 5.74) is 2.36. The number of anilines is 1. The molecule has 1 aromatic carbocycles. The lowest BCUT2D eigenvalue weighted by Crippen LogP contribution is -2.20. The number of hydrogen-bond acceptors (Lipinski definition) is 8. The van der Waals surface area contributed by atoms with Crippen LogP contribution >= 0.6 is 11.8 Å². The second kappa shape index (κ2) is 9.02. The number of rotatable bonds is 6. The average Bonchev–Trinajstić information content (AvgIpc) is 3.41. The van der Waals surface area contributed by atoms with E-state index in [0.29, 0.717) is 23.1 Å². The molecule has 4 rings (SSSR count). The van der Waals surface area contributed by atoms with Gasteiger partial charge in [0.25, 0.3) is 5.89 Å². The maximum atomic E-state index is 12.7. The minimum Gasteiger partial charge on any atom is -0.484 e. The van der Waals surface area contributed by atoms with Crippen molar-refractivity contribution in [3.8, 4) is 17.3 Å². The number of nitrogens with zero attached hydrogens (tertiary/aromatic N) is 3. The molecular formula is C22H25F3N4O3S. The molecule has 178 valence electrons. The monoisotopic (exact) mass is 482 g/mol. The quantitative estimate of drug-likeness (QED) is 0.505. The van der Waals surface area contributed by atoms with Crippen molar-refractivity contribution in [3.05, 3.63) is 29.3 Å². The number of benzene rings is 1. The van der Waals surface area contributed by atoms with Crippen molar-refractivity contribution in [3.63, 3.8) is 0 Å². The van der Waals surface area contributed by atoms with E-state index in [-0.39, 0.29) is 23.1 Å². The molecule has 0 bridgehead atoms. The topological polar surface area (TPSA) is 82.3 Å². The van der Waals surface area contributed by atoms with E-state index in [1.165, 1.54) is 0 Å². The maximum absolute atomic E-state index is 12.7. The molecular weight excluding hydrogens is 457 g/mol. The van der Waals surface area contributed by atoms with Crippen molar-refractivity contribution in [2.45, 2.75) is 44.7 Å². The lowest BCUT2D eigenvalue weighted by molar-refractivity contribution is -0.153. The van der Waals surface area contributed by atoms with Gasteiger partial charge in [0.05, 0.1) is 18.7 Å². The van der Waals surface area contributed by atoms with Gasteiger partial charge in [-0.3, -0.25) is 0 Å². The molecule has 1 saturated heterocycles. The second-order valence-electron chi connectivity index (χ2n) is 8.81. The number of alkyl halides is 3. The van der Waals surface area contributed by atoms with Crippen molar-refractivity contribution in [2.24, 2.45) is 0 Å². The van der Waals surface area contributed by atoms with Crippen LogP contribution < -0.4 is 10.1 Å². The van der Waals surface area contributed by atoms with Crippen LogP contribution in [0.25, 0.3) is 22.5 Å². The molecule has 0 saturated carbocycles. The third kappa shape index (κ3) is 5.70. The molecule has 0 aliphatic carbocycles. The van der Waals surface area contributed by atoms with Crippen molar-refractivity contribution in [2.75, 3.05) is 30.8 Å². The Hall–Kier alpha value is -2.53. The van der Waals surface area contributed by atoms with Crippen LogP contribution in [0.5, 0.6) is 5.75 Å². The van der Waals surface area contributed by atoms with Gasteiger partial charge < -0.3 is 19.2 Å². The van der Waals surface area contributed by atoms with Gasteiger partial charge in [0.1, 0.15) is 16.9 Å². The van der Waals surface area contributed by atoms with E-state index in [9.17, 15) is 13.2 Å². The maximum Gasteiger partial charge on any atom is 0.422 e. The number of fused-ring (bicyclic) bond motifs is 1. The van der Waals surface area contributed by atoms with Crippen LogP contribution in [-0.2, 0) is 10.2 Å². The molecule has 1 fully saturated rings. The van der Waals surface area contributed by atoms with Gasteiger partial charge in [-0.05, 0) is 41.7 Å². The summed E-state index contributed by atoms with van der Waals surface area (Å²) in [5.74, 6) is 1.36. The molecule has 11 heteroatoms. The zero-order chi connectivity index (χ0) is 23.8. The summed E-state index contributed by atoms with van der Waals surface area (Å²) >= 11 is 1.72. The highest BCUT2D eigenvalue weighted by molar-refractivity contribution is 8.00. The van der Waals surface area contributed by atoms with Crippen LogP contribution in [0.15, 0.2) is 22.6 Å². The number of pyridine rings is 1. The van der Waals surface area contributed by atoms with E-state index < -0.39 is 18.2 Å². The Labute approximate surface area is 193 Å². The molecule has 0 spiro atoms. The van der Waals surface area contributed by atoms with Crippen LogP contribution in [-0.4, -0.2) is 52.3 Å². The van der Waals surface area contributed by atoms with Crippen molar-refractivity contribution >= 4 is 28.7 Å². The predicted octanol–water partition coefficient (Wildman–Crippen LogP) is 5.33. The van der Waals surface area contributed by atoms with E-state index >= 15 is 0 Å². The summed E-state index contributed by atoms with van der Waals surface area (Å²) in [4.78, 5) is 4.74. The molecule has 2 aromatic heterocycles. The highest BCUT2D eigenvalue weighted by atomic mass is 32.2. The molecule has 1 atom stereocenters. The summed E-state index contributed by atoms with van der Waals surface area (Å²) < 4.78 is 54.4. The number of ether oxygens (including phenoxy) is 2. The first-order valence-electron chi connectivity index (χ1n) is 10.5. The highest BCUT2D eigenvalue weighted by Crippen LogP contribution is 2.36. The second-order valence-corrected chi connectivity index (χ2v) is 10.1. The van der Waals surface area contributed by atoms with Gasteiger partial charge in [0, 0.05) is 11.1 Å². The fourth-order valence-corrected chi connectivity index (χ4v) is 4.34. The van der Waals surface area contributed by atoms with E-state index in [1.807, 2.05) is 27.7 Å². The fraction of sp³-hybridized carbons (Fsp3) is 0.500. The minimum atomic E-state index is -4.42. The minimum absolute atomic E-state index is 0.0458. The van der Waals surface area contributed by atoms with Crippen LogP contribution in [0.3, 0.4) is 0 Å². The Morgan fingerprint density at radius 1 is 1.18 bits per heavy atom. The number of aryl methyl sites for hydroxylation is 1. The zero-order valence-corrected chi connectivity index (χ0v) is 19.6. The summed E-state index contributed by atoms with van der Waals surface area (Å²) in [7, 11) is 0. The molecule has 7 nitrogen and oxygen atoms in total. The lowest BCUT2D eigenvalue weighted by Gasteiger charge is -2.23. The third-order valence-corrected chi connectivity index (χ3v) is 6.14. The van der Waals surface area contributed by atoms with Crippen LogP contribution in [0, 0.1) is 6.92 Å². The molecule has 0 amide bonds. The van der Waals surface area contributed by atoms with Gasteiger partial charge in [-0.25, -0.2) is 4.98 Å². The van der Waals surface area contributed by atoms with Crippen molar-refractivity contribution in [1.82, 2.24) is 15.2 Å². The van der Waals surface area contributed by atoms with Gasteiger partial charge >= 0.3 is 12.2 Å². The Morgan fingerprint density at radius 3 is 2.64 bits per heavy atom. The largest absolute Gasteiger partial charge is 0.484 e. The number of hydrogen-bond donors (Lipinski definition) is 1. The van der Waals surface area contributed by atoms with Crippen molar-refractivity contribution in [1.29, 1.82) is 0 Å². The molecule has 1 unspecified atom stereocenters. The molecule has 3 heterocycles. The smallest absolute Gasteiger partial charge is 0.422 e. The lowest BCUT2D eigenvalue weighted by atomic mass is 9.84. The third-order valence-electron chi connectivity index (χ3n) is 5.06. The fourth-order valence-electron chi connectivity index (χ4n) is 3.49. The average molecular weight is 483 g/mol. The molecule has 1 aliphatic rings.